The quantitative estimate of drug-likeness (QED) is 0.894. The molecule has 3 nitrogen and oxygen atoms in total. The van der Waals surface area contributed by atoms with Crippen LogP contribution in [0.5, 0.6) is 5.75 Å². The molecular weight excluding hydrogens is 330 g/mol. The Hall–Kier alpha value is -1.81. The first-order chi connectivity index (χ1) is 10.1. The van der Waals surface area contributed by atoms with E-state index >= 15 is 0 Å². The first-order valence-electron chi connectivity index (χ1n) is 6.77. The van der Waals surface area contributed by atoms with Gasteiger partial charge in [-0.05, 0) is 37.1 Å². The van der Waals surface area contributed by atoms with Crippen molar-refractivity contribution in [3.05, 3.63) is 63.6 Å². The number of aryl methyl sites for hydroxylation is 1. The van der Waals surface area contributed by atoms with Gasteiger partial charge in [0.15, 0.2) is 0 Å². The lowest BCUT2D eigenvalue weighted by molar-refractivity contribution is 0.0951. The normalized spacial score (nSPS) is 10.2. The highest BCUT2D eigenvalue weighted by Crippen LogP contribution is 2.23. The van der Waals surface area contributed by atoms with E-state index in [4.69, 9.17) is 4.74 Å². The summed E-state index contributed by atoms with van der Waals surface area (Å²) in [6.07, 6.45) is 0.812. The highest BCUT2D eigenvalue weighted by Gasteiger charge is 2.11. The van der Waals surface area contributed by atoms with Crippen molar-refractivity contribution in [2.24, 2.45) is 0 Å². The van der Waals surface area contributed by atoms with Gasteiger partial charge in [-0.2, -0.15) is 0 Å². The molecule has 2 aromatic carbocycles. The fraction of sp³-hybridized carbons (Fsp3) is 0.235. The maximum atomic E-state index is 12.2. The van der Waals surface area contributed by atoms with E-state index in [-0.39, 0.29) is 5.91 Å². The van der Waals surface area contributed by atoms with Crippen LogP contribution < -0.4 is 10.1 Å². The number of hydrogen-bond acceptors (Lipinski definition) is 2. The molecule has 1 N–H and O–H groups in total. The summed E-state index contributed by atoms with van der Waals surface area (Å²) in [5.41, 5.74) is 3.00. The van der Waals surface area contributed by atoms with Crippen LogP contribution in [0.25, 0.3) is 0 Å². The summed E-state index contributed by atoms with van der Waals surface area (Å²) in [4.78, 5) is 12.2. The van der Waals surface area contributed by atoms with Gasteiger partial charge in [0.05, 0.1) is 12.7 Å². The summed E-state index contributed by atoms with van der Waals surface area (Å²) in [6, 6.07) is 13.7. The number of hydrogen-bond donors (Lipinski definition) is 1. The van der Waals surface area contributed by atoms with Crippen LogP contribution in [0.2, 0.25) is 0 Å². The van der Waals surface area contributed by atoms with Crippen LogP contribution in [0.15, 0.2) is 46.9 Å². The van der Waals surface area contributed by atoms with Crippen LogP contribution in [0, 0.1) is 6.92 Å². The highest BCUT2D eigenvalue weighted by atomic mass is 79.9. The molecule has 0 aromatic heterocycles. The van der Waals surface area contributed by atoms with Crippen molar-refractivity contribution in [1.82, 2.24) is 5.32 Å². The Morgan fingerprint density at radius 2 is 2.05 bits per heavy atom. The number of halogens is 1. The minimum absolute atomic E-state index is 0.119. The van der Waals surface area contributed by atoms with Crippen LogP contribution in [0.4, 0.5) is 0 Å². The van der Waals surface area contributed by atoms with Crippen molar-refractivity contribution in [2.45, 2.75) is 13.3 Å². The fourth-order valence-corrected chi connectivity index (χ4v) is 2.48. The molecule has 0 saturated carbocycles. The van der Waals surface area contributed by atoms with Gasteiger partial charge in [-0.3, -0.25) is 4.79 Å². The second-order valence-electron chi connectivity index (χ2n) is 4.84. The third-order valence-electron chi connectivity index (χ3n) is 3.19. The molecule has 0 saturated heterocycles. The van der Waals surface area contributed by atoms with Crippen molar-refractivity contribution in [1.29, 1.82) is 0 Å². The van der Waals surface area contributed by atoms with E-state index in [9.17, 15) is 4.79 Å². The molecule has 0 aliphatic rings. The average Bonchev–Trinajstić information content (AvgIpc) is 2.47. The molecule has 0 spiro atoms. The molecule has 1 amide bonds. The summed E-state index contributed by atoms with van der Waals surface area (Å²) >= 11 is 3.36. The van der Waals surface area contributed by atoms with Crippen LogP contribution >= 0.6 is 15.9 Å². The molecule has 0 heterocycles. The molecular formula is C17H18BrNO2. The lowest BCUT2D eigenvalue weighted by Gasteiger charge is -2.10. The van der Waals surface area contributed by atoms with Crippen molar-refractivity contribution in [3.8, 4) is 5.75 Å². The van der Waals surface area contributed by atoms with E-state index in [0.717, 1.165) is 10.9 Å². The summed E-state index contributed by atoms with van der Waals surface area (Å²) in [7, 11) is 1.56. The number of methoxy groups -OCH3 is 1. The third-order valence-corrected chi connectivity index (χ3v) is 3.68. The number of amides is 1. The molecule has 0 atom stereocenters. The van der Waals surface area contributed by atoms with E-state index < -0.39 is 0 Å². The lowest BCUT2D eigenvalue weighted by Crippen LogP contribution is -2.26. The molecule has 2 rings (SSSR count). The van der Waals surface area contributed by atoms with Gasteiger partial charge in [-0.1, -0.05) is 45.8 Å². The maximum absolute atomic E-state index is 12.2. The van der Waals surface area contributed by atoms with Crippen molar-refractivity contribution in [3.63, 3.8) is 0 Å². The Morgan fingerprint density at radius 3 is 2.76 bits per heavy atom. The van der Waals surface area contributed by atoms with Crippen LogP contribution in [-0.4, -0.2) is 19.6 Å². The molecule has 2 aromatic rings. The van der Waals surface area contributed by atoms with Crippen molar-refractivity contribution < 1.29 is 9.53 Å². The third kappa shape index (κ3) is 4.33. The van der Waals surface area contributed by atoms with Gasteiger partial charge in [0.25, 0.3) is 5.91 Å². The molecule has 0 unspecified atom stereocenters. The fourth-order valence-electron chi connectivity index (χ4n) is 2.14. The Bertz CT molecular complexity index is 640. The average molecular weight is 348 g/mol. The van der Waals surface area contributed by atoms with E-state index in [1.54, 1.807) is 19.2 Å². The van der Waals surface area contributed by atoms with E-state index in [2.05, 4.69) is 46.4 Å². The van der Waals surface area contributed by atoms with E-state index in [1.807, 2.05) is 12.1 Å². The van der Waals surface area contributed by atoms with Gasteiger partial charge in [0.2, 0.25) is 0 Å². The summed E-state index contributed by atoms with van der Waals surface area (Å²) in [5, 5.41) is 2.93. The summed E-state index contributed by atoms with van der Waals surface area (Å²) in [6.45, 7) is 2.66. The van der Waals surface area contributed by atoms with Gasteiger partial charge >= 0.3 is 0 Å². The predicted molar refractivity (Wildman–Crippen MR) is 87.9 cm³/mol. The standard InChI is InChI=1S/C17H18BrNO2/c1-12-4-3-5-13(10-12)8-9-19-17(20)15-7-6-14(18)11-16(15)21-2/h3-7,10-11H,8-9H2,1-2H3,(H,19,20). The maximum Gasteiger partial charge on any atom is 0.255 e. The second kappa shape index (κ2) is 7.27. The second-order valence-corrected chi connectivity index (χ2v) is 5.76. The topological polar surface area (TPSA) is 38.3 Å². The molecule has 0 bridgehead atoms. The zero-order valence-electron chi connectivity index (χ0n) is 12.2. The Balaban J connectivity index is 1.96. The number of benzene rings is 2. The molecule has 4 heteroatoms. The molecule has 0 fully saturated rings. The van der Waals surface area contributed by atoms with Crippen LogP contribution in [0.3, 0.4) is 0 Å². The predicted octanol–water partition coefficient (Wildman–Crippen LogP) is 3.74. The van der Waals surface area contributed by atoms with E-state index in [0.29, 0.717) is 17.9 Å². The van der Waals surface area contributed by atoms with Gasteiger partial charge in [-0.15, -0.1) is 0 Å². The van der Waals surface area contributed by atoms with E-state index in [1.165, 1.54) is 11.1 Å². The minimum atomic E-state index is -0.119. The molecule has 0 aliphatic carbocycles. The number of rotatable bonds is 5. The van der Waals surface area contributed by atoms with Gasteiger partial charge in [0, 0.05) is 11.0 Å². The number of ether oxygens (including phenoxy) is 1. The molecule has 0 aliphatic heterocycles. The summed E-state index contributed by atoms with van der Waals surface area (Å²) < 4.78 is 6.12. The zero-order valence-corrected chi connectivity index (χ0v) is 13.7. The van der Waals surface area contributed by atoms with Crippen LogP contribution in [-0.2, 0) is 6.42 Å². The minimum Gasteiger partial charge on any atom is -0.496 e. The Labute approximate surface area is 133 Å². The SMILES string of the molecule is COc1cc(Br)ccc1C(=O)NCCc1cccc(C)c1. The molecule has 0 radical (unpaired) electrons. The Morgan fingerprint density at radius 1 is 1.24 bits per heavy atom. The van der Waals surface area contributed by atoms with Gasteiger partial charge in [-0.25, -0.2) is 0 Å². The zero-order chi connectivity index (χ0) is 15.2. The summed E-state index contributed by atoms with van der Waals surface area (Å²) in [5.74, 6) is 0.449. The molecule has 21 heavy (non-hydrogen) atoms. The monoisotopic (exact) mass is 347 g/mol. The number of carbonyl (C=O) groups is 1. The number of nitrogens with one attached hydrogen (secondary N) is 1. The van der Waals surface area contributed by atoms with Gasteiger partial charge in [0.1, 0.15) is 5.75 Å². The highest BCUT2D eigenvalue weighted by molar-refractivity contribution is 9.10. The van der Waals surface area contributed by atoms with Crippen LogP contribution in [0.1, 0.15) is 21.5 Å². The van der Waals surface area contributed by atoms with Crippen molar-refractivity contribution >= 4 is 21.8 Å². The van der Waals surface area contributed by atoms with Crippen molar-refractivity contribution in [2.75, 3.05) is 13.7 Å². The first-order valence-corrected chi connectivity index (χ1v) is 7.56. The van der Waals surface area contributed by atoms with Gasteiger partial charge < -0.3 is 10.1 Å². The smallest absolute Gasteiger partial charge is 0.255 e. The lowest BCUT2D eigenvalue weighted by atomic mass is 10.1. The number of carbonyl (C=O) groups excluding carboxylic acids is 1. The largest absolute Gasteiger partial charge is 0.496 e. The first kappa shape index (κ1) is 15.6. The Kier molecular flexibility index (Phi) is 5.39. The molecule has 110 valence electrons.